The van der Waals surface area contributed by atoms with Gasteiger partial charge in [-0.2, -0.15) is 4.31 Å². The van der Waals surface area contributed by atoms with Crippen LogP contribution in [0.2, 0.25) is 0 Å². The molecular formula is C23H29N3O3S. The van der Waals surface area contributed by atoms with Crippen LogP contribution in [0.3, 0.4) is 0 Å². The van der Waals surface area contributed by atoms with E-state index in [1.165, 1.54) is 11.1 Å². The Balaban J connectivity index is 1.39. The highest BCUT2D eigenvalue weighted by atomic mass is 32.2. The molecular weight excluding hydrogens is 398 g/mol. The first-order chi connectivity index (χ1) is 14.4. The van der Waals surface area contributed by atoms with E-state index in [9.17, 15) is 13.2 Å². The summed E-state index contributed by atoms with van der Waals surface area (Å²) in [5.74, 6) is -0.0824. The fraction of sp³-hybridized carbons (Fsp3) is 0.435. The van der Waals surface area contributed by atoms with E-state index in [-0.39, 0.29) is 16.8 Å². The molecule has 2 aliphatic heterocycles. The van der Waals surface area contributed by atoms with Crippen LogP contribution in [-0.4, -0.2) is 49.2 Å². The number of rotatable bonds is 5. The van der Waals surface area contributed by atoms with Crippen molar-refractivity contribution >= 4 is 21.6 Å². The second-order valence-corrected chi connectivity index (χ2v) is 10.1. The summed E-state index contributed by atoms with van der Waals surface area (Å²) in [6.07, 6.45) is 3.84. The van der Waals surface area contributed by atoms with Crippen molar-refractivity contribution in [3.63, 3.8) is 0 Å². The molecule has 1 unspecified atom stereocenters. The minimum atomic E-state index is -3.46. The van der Waals surface area contributed by atoms with E-state index in [0.717, 1.165) is 38.8 Å². The van der Waals surface area contributed by atoms with Crippen LogP contribution in [-0.2, 0) is 27.8 Å². The van der Waals surface area contributed by atoms with Crippen molar-refractivity contribution in [2.24, 2.45) is 0 Å². The summed E-state index contributed by atoms with van der Waals surface area (Å²) in [5.41, 5.74) is 3.24. The molecule has 0 aromatic heterocycles. The van der Waals surface area contributed by atoms with Gasteiger partial charge in [0.1, 0.15) is 0 Å². The number of carbonyl (C=O) groups excluding carboxylic acids is 1. The van der Waals surface area contributed by atoms with Gasteiger partial charge in [0.2, 0.25) is 15.9 Å². The maximum Gasteiger partial charge on any atom is 0.243 e. The van der Waals surface area contributed by atoms with Gasteiger partial charge in [-0.15, -0.1) is 0 Å². The molecule has 0 aliphatic carbocycles. The number of hydrogen-bond acceptors (Lipinski definition) is 4. The summed E-state index contributed by atoms with van der Waals surface area (Å²) < 4.78 is 27.1. The fourth-order valence-electron chi connectivity index (χ4n) is 4.23. The number of sulfonamides is 1. The van der Waals surface area contributed by atoms with Gasteiger partial charge in [0.05, 0.1) is 10.9 Å². The Morgan fingerprint density at radius 3 is 2.30 bits per heavy atom. The van der Waals surface area contributed by atoms with Gasteiger partial charge in [0.15, 0.2) is 0 Å². The molecule has 2 aliphatic rings. The molecule has 0 radical (unpaired) electrons. The minimum absolute atomic E-state index is 0.0824. The maximum absolute atomic E-state index is 12.8. The van der Waals surface area contributed by atoms with Gasteiger partial charge in [-0.3, -0.25) is 9.69 Å². The Labute approximate surface area is 178 Å². The van der Waals surface area contributed by atoms with Gasteiger partial charge in [0.25, 0.3) is 0 Å². The van der Waals surface area contributed by atoms with Crippen LogP contribution in [0.1, 0.15) is 37.3 Å². The van der Waals surface area contributed by atoms with Crippen molar-refractivity contribution < 1.29 is 13.2 Å². The summed E-state index contributed by atoms with van der Waals surface area (Å²) in [4.78, 5) is 15.2. The molecule has 0 bridgehead atoms. The topological polar surface area (TPSA) is 69.7 Å². The second-order valence-electron chi connectivity index (χ2n) is 8.14. The first-order valence-electron chi connectivity index (χ1n) is 10.7. The molecule has 1 amide bonds. The molecule has 2 aromatic rings. The number of benzene rings is 2. The Kier molecular flexibility index (Phi) is 6.22. The van der Waals surface area contributed by atoms with E-state index in [2.05, 4.69) is 28.4 Å². The van der Waals surface area contributed by atoms with E-state index in [1.54, 1.807) is 28.6 Å². The largest absolute Gasteiger partial charge is 0.325 e. The number of carbonyl (C=O) groups is 1. The maximum atomic E-state index is 12.8. The number of piperidine rings is 1. The SMILES string of the molecule is CC(C(=O)Nc1ccc(S(=O)(=O)N2CCCCC2)cc1)N1CCc2ccccc2C1. The Morgan fingerprint density at radius 2 is 1.60 bits per heavy atom. The van der Waals surface area contributed by atoms with Crippen LogP contribution < -0.4 is 5.32 Å². The lowest BCUT2D eigenvalue weighted by atomic mass is 9.99. The monoisotopic (exact) mass is 427 g/mol. The van der Waals surface area contributed by atoms with Gasteiger partial charge >= 0.3 is 0 Å². The number of amides is 1. The average Bonchev–Trinajstić information content (AvgIpc) is 2.79. The van der Waals surface area contributed by atoms with E-state index in [4.69, 9.17) is 0 Å². The van der Waals surface area contributed by atoms with Gasteiger partial charge in [-0.25, -0.2) is 8.42 Å². The number of nitrogens with zero attached hydrogens (tertiary/aromatic N) is 2. The zero-order chi connectivity index (χ0) is 21.1. The molecule has 30 heavy (non-hydrogen) atoms. The second kappa shape index (κ2) is 8.88. The predicted molar refractivity (Wildman–Crippen MR) is 118 cm³/mol. The van der Waals surface area contributed by atoms with Gasteiger partial charge in [-0.05, 0) is 61.6 Å². The minimum Gasteiger partial charge on any atom is -0.325 e. The van der Waals surface area contributed by atoms with Crippen molar-refractivity contribution in [3.8, 4) is 0 Å². The van der Waals surface area contributed by atoms with Crippen LogP contribution in [0, 0.1) is 0 Å². The van der Waals surface area contributed by atoms with Gasteiger partial charge < -0.3 is 5.32 Å². The molecule has 1 atom stereocenters. The first-order valence-corrected chi connectivity index (χ1v) is 12.1. The number of fused-ring (bicyclic) bond motifs is 1. The zero-order valence-corrected chi connectivity index (χ0v) is 18.2. The highest BCUT2D eigenvalue weighted by Crippen LogP contribution is 2.23. The summed E-state index contributed by atoms with van der Waals surface area (Å²) in [6.45, 7) is 4.68. The standard InChI is InChI=1S/C23H29N3O3S/c1-18(25-16-13-19-7-3-4-8-20(19)17-25)23(27)24-21-9-11-22(12-10-21)30(28,29)26-14-5-2-6-15-26/h3-4,7-12,18H,2,5-6,13-17H2,1H3,(H,24,27). The number of nitrogens with one attached hydrogen (secondary N) is 1. The molecule has 4 rings (SSSR count). The van der Waals surface area contributed by atoms with Crippen molar-refractivity contribution in [2.75, 3.05) is 25.0 Å². The Morgan fingerprint density at radius 1 is 0.933 bits per heavy atom. The fourth-order valence-corrected chi connectivity index (χ4v) is 5.74. The molecule has 2 heterocycles. The molecule has 1 saturated heterocycles. The van der Waals surface area contributed by atoms with Crippen molar-refractivity contribution in [1.29, 1.82) is 0 Å². The van der Waals surface area contributed by atoms with E-state index >= 15 is 0 Å². The summed E-state index contributed by atoms with van der Waals surface area (Å²) in [6, 6.07) is 14.6. The van der Waals surface area contributed by atoms with Crippen molar-refractivity contribution in [3.05, 3.63) is 59.7 Å². The van der Waals surface area contributed by atoms with Crippen LogP contribution >= 0.6 is 0 Å². The number of anilines is 1. The van der Waals surface area contributed by atoms with Crippen molar-refractivity contribution in [1.82, 2.24) is 9.21 Å². The Bertz CT molecular complexity index is 999. The lowest BCUT2D eigenvalue weighted by Crippen LogP contribution is -2.44. The summed E-state index contributed by atoms with van der Waals surface area (Å²) in [5, 5.41) is 2.93. The van der Waals surface area contributed by atoms with Gasteiger partial charge in [0, 0.05) is 31.9 Å². The predicted octanol–water partition coefficient (Wildman–Crippen LogP) is 3.25. The molecule has 6 nitrogen and oxygen atoms in total. The molecule has 0 saturated carbocycles. The third kappa shape index (κ3) is 4.43. The third-order valence-electron chi connectivity index (χ3n) is 6.16. The average molecular weight is 428 g/mol. The zero-order valence-electron chi connectivity index (χ0n) is 17.4. The number of hydrogen-bond donors (Lipinski definition) is 1. The normalized spacial score (nSPS) is 19.1. The molecule has 7 heteroatoms. The van der Waals surface area contributed by atoms with Crippen LogP contribution in [0.4, 0.5) is 5.69 Å². The van der Waals surface area contributed by atoms with Crippen LogP contribution in [0.15, 0.2) is 53.4 Å². The highest BCUT2D eigenvalue weighted by molar-refractivity contribution is 7.89. The van der Waals surface area contributed by atoms with E-state index in [1.807, 2.05) is 13.0 Å². The highest BCUT2D eigenvalue weighted by Gasteiger charge is 2.27. The summed E-state index contributed by atoms with van der Waals surface area (Å²) >= 11 is 0. The Hall–Kier alpha value is -2.22. The quantitative estimate of drug-likeness (QED) is 0.795. The summed E-state index contributed by atoms with van der Waals surface area (Å²) in [7, 11) is -3.46. The lowest BCUT2D eigenvalue weighted by molar-refractivity contribution is -0.121. The molecule has 0 spiro atoms. The van der Waals surface area contributed by atoms with Crippen LogP contribution in [0.5, 0.6) is 0 Å². The smallest absolute Gasteiger partial charge is 0.243 e. The van der Waals surface area contributed by atoms with E-state index < -0.39 is 10.0 Å². The lowest BCUT2D eigenvalue weighted by Gasteiger charge is -2.32. The van der Waals surface area contributed by atoms with E-state index in [0.29, 0.717) is 18.8 Å². The third-order valence-corrected chi connectivity index (χ3v) is 8.07. The molecule has 2 aromatic carbocycles. The first kappa shape index (κ1) is 21.0. The molecule has 1 N–H and O–H groups in total. The molecule has 1 fully saturated rings. The van der Waals surface area contributed by atoms with Crippen molar-refractivity contribution in [2.45, 2.75) is 50.1 Å². The molecule has 160 valence electrons. The van der Waals surface area contributed by atoms with Gasteiger partial charge in [-0.1, -0.05) is 30.7 Å². The van der Waals surface area contributed by atoms with Crippen LogP contribution in [0.25, 0.3) is 0 Å².